The summed E-state index contributed by atoms with van der Waals surface area (Å²) < 4.78 is 110. The third kappa shape index (κ3) is 10.0. The predicted octanol–water partition coefficient (Wildman–Crippen LogP) is 6.17. The Morgan fingerprint density at radius 2 is 1.46 bits per heavy atom. The molecule has 0 saturated heterocycles. The van der Waals surface area contributed by atoms with E-state index in [2.05, 4.69) is 20.7 Å². The minimum absolute atomic E-state index is 0.0290. The number of amides is 1. The maximum absolute atomic E-state index is 13.5. The highest BCUT2D eigenvalue weighted by Gasteiger charge is 2.74. The predicted molar refractivity (Wildman–Crippen MR) is 132 cm³/mol. The second-order valence-electron chi connectivity index (χ2n) is 8.23. The van der Waals surface area contributed by atoms with Crippen LogP contribution in [0.1, 0.15) is 12.5 Å². The molecule has 2 aromatic carbocycles. The summed E-state index contributed by atoms with van der Waals surface area (Å²) in [5.74, 6) is -7.30. The molecule has 0 aromatic heterocycles. The zero-order valence-electron chi connectivity index (χ0n) is 21.3. The topological polar surface area (TPSA) is 94.5 Å². The zero-order chi connectivity index (χ0) is 30.8. The van der Waals surface area contributed by atoms with Gasteiger partial charge in [0.25, 0.3) is 0 Å². The number of benzene rings is 2. The van der Waals surface area contributed by atoms with Gasteiger partial charge in [0.05, 0.1) is 13.2 Å². The first-order valence-electron chi connectivity index (χ1n) is 11.8. The smallest absolute Gasteiger partial charge is 0.462 e. The number of carboxylic acids is 1. The van der Waals surface area contributed by atoms with E-state index in [1.54, 1.807) is 19.1 Å². The summed E-state index contributed by atoms with van der Waals surface area (Å²) in [5, 5.41) is 9.19. The van der Waals surface area contributed by atoms with Crippen LogP contribution in [0.25, 0.3) is 0 Å². The Labute approximate surface area is 238 Å². The number of carbonyl (C=O) groups is 2. The SMILES string of the molecule is CCOC(Cc1ccc(OCCN(CCOC(F)(F)C(F)(F)C(F)(F)F)C(=O)Oc2ccc(Br)cc2)cc1)C(=O)O. The molecule has 0 spiro atoms. The largest absolute Gasteiger partial charge is 0.492 e. The molecule has 1 amide bonds. The van der Waals surface area contributed by atoms with Crippen molar-refractivity contribution in [3.63, 3.8) is 0 Å². The molecule has 2 rings (SSSR count). The summed E-state index contributed by atoms with van der Waals surface area (Å²) >= 11 is 3.18. The molecule has 1 N–H and O–H groups in total. The van der Waals surface area contributed by atoms with E-state index in [4.69, 9.17) is 14.2 Å². The summed E-state index contributed by atoms with van der Waals surface area (Å²) in [7, 11) is 0. The van der Waals surface area contributed by atoms with Crippen LogP contribution in [-0.2, 0) is 20.7 Å². The van der Waals surface area contributed by atoms with Crippen LogP contribution >= 0.6 is 15.9 Å². The molecule has 228 valence electrons. The van der Waals surface area contributed by atoms with Crippen molar-refractivity contribution in [1.29, 1.82) is 0 Å². The lowest BCUT2D eigenvalue weighted by atomic mass is 10.1. The van der Waals surface area contributed by atoms with Gasteiger partial charge in [-0.05, 0) is 48.9 Å². The second-order valence-corrected chi connectivity index (χ2v) is 9.14. The van der Waals surface area contributed by atoms with Gasteiger partial charge in [-0.3, -0.25) is 0 Å². The number of ether oxygens (including phenoxy) is 4. The van der Waals surface area contributed by atoms with E-state index in [0.717, 1.165) is 4.90 Å². The van der Waals surface area contributed by atoms with Gasteiger partial charge in [-0.25, -0.2) is 9.59 Å². The van der Waals surface area contributed by atoms with Crippen LogP contribution in [0.2, 0.25) is 0 Å². The molecule has 0 aliphatic rings. The van der Waals surface area contributed by atoms with E-state index in [-0.39, 0.29) is 37.7 Å². The molecule has 0 aliphatic carbocycles. The number of hydrogen-bond acceptors (Lipinski definition) is 6. The molecule has 0 aliphatic heterocycles. The molecular formula is C25H25BrF7NO7. The fraction of sp³-hybridized carbons (Fsp3) is 0.440. The van der Waals surface area contributed by atoms with Gasteiger partial charge in [0, 0.05) is 24.0 Å². The van der Waals surface area contributed by atoms with Crippen molar-refractivity contribution >= 4 is 28.0 Å². The molecule has 1 unspecified atom stereocenters. The Balaban J connectivity index is 2.04. The maximum Gasteiger partial charge on any atom is 0.462 e. The van der Waals surface area contributed by atoms with Gasteiger partial charge in [-0.2, -0.15) is 30.7 Å². The van der Waals surface area contributed by atoms with E-state index in [0.29, 0.717) is 10.0 Å². The van der Waals surface area contributed by atoms with Crippen molar-refractivity contribution in [2.45, 2.75) is 37.7 Å². The summed E-state index contributed by atoms with van der Waals surface area (Å²) in [6.07, 6.45) is -14.6. The maximum atomic E-state index is 13.5. The molecule has 0 saturated carbocycles. The van der Waals surface area contributed by atoms with Crippen LogP contribution in [-0.4, -0.2) is 79.3 Å². The fourth-order valence-electron chi connectivity index (χ4n) is 3.13. The minimum atomic E-state index is -6.57. The minimum Gasteiger partial charge on any atom is -0.492 e. The first-order chi connectivity index (χ1) is 19.1. The zero-order valence-corrected chi connectivity index (χ0v) is 22.9. The van der Waals surface area contributed by atoms with Crippen LogP contribution in [0.3, 0.4) is 0 Å². The lowest BCUT2D eigenvalue weighted by Gasteiger charge is -2.28. The van der Waals surface area contributed by atoms with Gasteiger partial charge in [0.2, 0.25) is 0 Å². The first-order valence-corrected chi connectivity index (χ1v) is 12.6. The van der Waals surface area contributed by atoms with Crippen molar-refractivity contribution in [1.82, 2.24) is 4.90 Å². The van der Waals surface area contributed by atoms with Crippen LogP contribution in [0, 0.1) is 0 Å². The third-order valence-electron chi connectivity index (χ3n) is 5.26. The second kappa shape index (κ2) is 14.7. The Hall–Kier alpha value is -3.11. The summed E-state index contributed by atoms with van der Waals surface area (Å²) in [6.45, 7) is -1.04. The molecule has 16 heteroatoms. The van der Waals surface area contributed by atoms with Crippen LogP contribution in [0.15, 0.2) is 53.0 Å². The van der Waals surface area contributed by atoms with E-state index >= 15 is 0 Å². The van der Waals surface area contributed by atoms with Crippen molar-refractivity contribution in [2.75, 3.05) is 32.9 Å². The van der Waals surface area contributed by atoms with Gasteiger partial charge in [-0.1, -0.05) is 28.1 Å². The van der Waals surface area contributed by atoms with Crippen LogP contribution < -0.4 is 9.47 Å². The highest BCUT2D eigenvalue weighted by molar-refractivity contribution is 9.10. The summed E-state index contributed by atoms with van der Waals surface area (Å²) in [5.41, 5.74) is 0.617. The van der Waals surface area contributed by atoms with Crippen LogP contribution in [0.5, 0.6) is 11.5 Å². The molecule has 0 bridgehead atoms. The molecule has 8 nitrogen and oxygen atoms in total. The monoisotopic (exact) mass is 663 g/mol. The Morgan fingerprint density at radius 3 is 2.00 bits per heavy atom. The lowest BCUT2D eigenvalue weighted by Crippen LogP contribution is -2.54. The Bertz CT molecular complexity index is 1130. The molecule has 1 atom stereocenters. The standard InChI is InChI=1S/C25H25BrF7NO7/c1-2-38-20(21(35)36)15-16-3-7-18(8-4-16)39-13-11-34(22(37)41-19-9-5-17(26)6-10-19)12-14-40-25(32,33)23(27,28)24(29,30)31/h3-10,20H,2,11-15H2,1H3,(H,35,36). The molecule has 0 radical (unpaired) electrons. The number of aliphatic carboxylic acids is 1. The van der Waals surface area contributed by atoms with Crippen molar-refractivity contribution in [2.24, 2.45) is 0 Å². The molecule has 2 aromatic rings. The van der Waals surface area contributed by atoms with Gasteiger partial charge < -0.3 is 29.0 Å². The number of halogens is 8. The van der Waals surface area contributed by atoms with E-state index in [9.17, 15) is 45.4 Å². The fourth-order valence-corrected chi connectivity index (χ4v) is 3.39. The highest BCUT2D eigenvalue weighted by atomic mass is 79.9. The molecule has 0 fully saturated rings. The number of rotatable bonds is 15. The van der Waals surface area contributed by atoms with Gasteiger partial charge >= 0.3 is 30.3 Å². The van der Waals surface area contributed by atoms with Crippen molar-refractivity contribution < 1.29 is 64.4 Å². The normalized spacial score (nSPS) is 13.0. The van der Waals surface area contributed by atoms with E-state index < -0.39 is 49.5 Å². The number of carboxylic acid groups (broad SMARTS) is 1. The quantitative estimate of drug-likeness (QED) is 0.228. The third-order valence-corrected chi connectivity index (χ3v) is 5.79. The molecule has 0 heterocycles. The van der Waals surface area contributed by atoms with Gasteiger partial charge in [-0.15, -0.1) is 0 Å². The number of carbonyl (C=O) groups excluding carboxylic acids is 1. The first kappa shape index (κ1) is 34.1. The molecule has 41 heavy (non-hydrogen) atoms. The summed E-state index contributed by atoms with van der Waals surface area (Å²) in [4.78, 5) is 24.6. The lowest BCUT2D eigenvalue weighted by molar-refractivity contribution is -0.423. The van der Waals surface area contributed by atoms with Crippen molar-refractivity contribution in [3.05, 3.63) is 58.6 Å². The van der Waals surface area contributed by atoms with E-state index in [1.807, 2.05) is 0 Å². The molecular weight excluding hydrogens is 639 g/mol. The number of hydrogen-bond donors (Lipinski definition) is 1. The van der Waals surface area contributed by atoms with Crippen LogP contribution in [0.4, 0.5) is 35.5 Å². The Kier molecular flexibility index (Phi) is 12.2. The average molecular weight is 664 g/mol. The van der Waals surface area contributed by atoms with Crippen molar-refractivity contribution in [3.8, 4) is 11.5 Å². The Morgan fingerprint density at radius 1 is 0.902 bits per heavy atom. The average Bonchev–Trinajstić information content (AvgIpc) is 2.88. The van der Waals surface area contributed by atoms with Gasteiger partial charge in [0.15, 0.2) is 6.10 Å². The summed E-state index contributed by atoms with van der Waals surface area (Å²) in [6, 6.07) is 11.9. The number of alkyl halides is 7. The number of nitrogens with zero attached hydrogens (tertiary/aromatic N) is 1. The highest BCUT2D eigenvalue weighted by Crippen LogP contribution is 2.46. The van der Waals surface area contributed by atoms with Gasteiger partial charge in [0.1, 0.15) is 18.1 Å². The van der Waals surface area contributed by atoms with E-state index in [1.165, 1.54) is 36.4 Å².